The van der Waals surface area contributed by atoms with E-state index in [1.54, 1.807) is 49.4 Å². The molecule has 3 amide bonds. The highest BCUT2D eigenvalue weighted by Gasteiger charge is 2.22. The number of likely N-dealkylation sites (tertiary alicyclic amines) is 1. The first-order chi connectivity index (χ1) is 18.4. The number of anilines is 1. The summed E-state index contributed by atoms with van der Waals surface area (Å²) in [6, 6.07) is 16.8. The van der Waals surface area contributed by atoms with Gasteiger partial charge in [-0.15, -0.1) is 0 Å². The summed E-state index contributed by atoms with van der Waals surface area (Å²) in [5, 5.41) is 5.73. The Kier molecular flexibility index (Phi) is 7.26. The molecule has 9 heteroatoms. The fourth-order valence-electron chi connectivity index (χ4n) is 4.68. The van der Waals surface area contributed by atoms with E-state index in [2.05, 4.69) is 10.6 Å². The number of hydrogen-bond donors (Lipinski definition) is 2. The van der Waals surface area contributed by atoms with Gasteiger partial charge in [-0.3, -0.25) is 4.79 Å². The van der Waals surface area contributed by atoms with Gasteiger partial charge in [0.1, 0.15) is 11.6 Å². The second-order valence-corrected chi connectivity index (χ2v) is 9.45. The first kappa shape index (κ1) is 25.3. The predicted molar refractivity (Wildman–Crippen MR) is 142 cm³/mol. The molecule has 0 spiro atoms. The molecular weight excluding hydrogens is 488 g/mol. The van der Waals surface area contributed by atoms with Crippen molar-refractivity contribution >= 4 is 28.7 Å². The van der Waals surface area contributed by atoms with Gasteiger partial charge in [-0.05, 0) is 85.5 Å². The standard InChI is InChI=1S/C29H27F2N5O2/c1-18(37)36-14-2-3-19(17-36)16-32-29(38)33-24-12-13-25-26(15-24)35-28(21-6-10-23(31)11-7-21)27(34-25)20-4-8-22(30)9-5-20/h4-13,15,19H,2-3,14,16-17H2,1H3,(H2,32,33,38)/t19-/m1/s1. The monoisotopic (exact) mass is 515 g/mol. The maximum absolute atomic E-state index is 13.6. The predicted octanol–water partition coefficient (Wildman–Crippen LogP) is 5.62. The second-order valence-electron chi connectivity index (χ2n) is 9.45. The van der Waals surface area contributed by atoms with Crippen molar-refractivity contribution < 1.29 is 18.4 Å². The van der Waals surface area contributed by atoms with Crippen molar-refractivity contribution in [2.24, 2.45) is 5.92 Å². The SMILES string of the molecule is CC(=O)N1CCC[C@H](CNC(=O)Nc2ccc3nc(-c4ccc(F)cc4)c(-c4ccc(F)cc4)nc3c2)C1. The molecule has 0 bridgehead atoms. The molecule has 1 aliphatic rings. The third-order valence-corrected chi connectivity index (χ3v) is 6.67. The molecule has 4 aromatic rings. The van der Waals surface area contributed by atoms with E-state index in [-0.39, 0.29) is 29.5 Å². The minimum atomic E-state index is -0.370. The molecule has 2 N–H and O–H groups in total. The Balaban J connectivity index is 1.38. The van der Waals surface area contributed by atoms with Gasteiger partial charge in [0.25, 0.3) is 0 Å². The van der Waals surface area contributed by atoms with Crippen LogP contribution in [0.5, 0.6) is 0 Å². The number of nitrogens with zero attached hydrogens (tertiary/aromatic N) is 3. The van der Waals surface area contributed by atoms with Crippen molar-refractivity contribution in [3.05, 3.63) is 78.4 Å². The molecule has 1 aromatic heterocycles. The lowest BCUT2D eigenvalue weighted by Gasteiger charge is -2.32. The Bertz CT molecular complexity index is 1480. The number of amides is 3. The Hall–Kier alpha value is -4.40. The van der Waals surface area contributed by atoms with Gasteiger partial charge in [-0.1, -0.05) is 0 Å². The second kappa shape index (κ2) is 10.9. The largest absolute Gasteiger partial charge is 0.343 e. The van der Waals surface area contributed by atoms with Crippen molar-refractivity contribution in [2.45, 2.75) is 19.8 Å². The minimum absolute atomic E-state index is 0.0546. The van der Waals surface area contributed by atoms with E-state index in [9.17, 15) is 18.4 Å². The van der Waals surface area contributed by atoms with Gasteiger partial charge in [0.05, 0.1) is 22.4 Å². The van der Waals surface area contributed by atoms with Crippen molar-refractivity contribution in [3.63, 3.8) is 0 Å². The Morgan fingerprint density at radius 1 is 0.895 bits per heavy atom. The van der Waals surface area contributed by atoms with Crippen LogP contribution < -0.4 is 10.6 Å². The van der Waals surface area contributed by atoms with Gasteiger partial charge >= 0.3 is 6.03 Å². The molecule has 1 saturated heterocycles. The quantitative estimate of drug-likeness (QED) is 0.361. The van der Waals surface area contributed by atoms with Crippen LogP contribution in [0.2, 0.25) is 0 Å². The van der Waals surface area contributed by atoms with E-state index in [4.69, 9.17) is 9.97 Å². The highest BCUT2D eigenvalue weighted by molar-refractivity contribution is 5.93. The zero-order chi connectivity index (χ0) is 26.6. The molecule has 1 aliphatic heterocycles. The zero-order valence-electron chi connectivity index (χ0n) is 20.9. The Morgan fingerprint density at radius 3 is 2.11 bits per heavy atom. The summed E-state index contributed by atoms with van der Waals surface area (Å²) >= 11 is 0. The van der Waals surface area contributed by atoms with E-state index in [0.717, 1.165) is 19.4 Å². The molecule has 3 aromatic carbocycles. The first-order valence-electron chi connectivity index (χ1n) is 12.5. The van der Waals surface area contributed by atoms with Crippen LogP contribution in [0.3, 0.4) is 0 Å². The van der Waals surface area contributed by atoms with E-state index >= 15 is 0 Å². The third-order valence-electron chi connectivity index (χ3n) is 6.67. The summed E-state index contributed by atoms with van der Waals surface area (Å²) in [5.74, 6) is -0.465. The van der Waals surface area contributed by atoms with Crippen LogP contribution >= 0.6 is 0 Å². The Morgan fingerprint density at radius 2 is 1.50 bits per heavy atom. The van der Waals surface area contributed by atoms with Crippen molar-refractivity contribution in [1.82, 2.24) is 20.2 Å². The summed E-state index contributed by atoms with van der Waals surface area (Å²) < 4.78 is 27.1. The molecule has 2 heterocycles. The lowest BCUT2D eigenvalue weighted by Crippen LogP contribution is -2.43. The van der Waals surface area contributed by atoms with Crippen LogP contribution in [-0.4, -0.2) is 46.4 Å². The highest BCUT2D eigenvalue weighted by atomic mass is 19.1. The van der Waals surface area contributed by atoms with Crippen LogP contribution in [0.25, 0.3) is 33.5 Å². The topological polar surface area (TPSA) is 87.2 Å². The number of rotatable bonds is 5. The number of fused-ring (bicyclic) bond motifs is 1. The number of nitrogens with one attached hydrogen (secondary N) is 2. The molecule has 38 heavy (non-hydrogen) atoms. The van der Waals surface area contributed by atoms with Crippen LogP contribution in [0.1, 0.15) is 19.8 Å². The van der Waals surface area contributed by atoms with E-state index in [1.165, 1.54) is 24.3 Å². The smallest absolute Gasteiger partial charge is 0.319 e. The number of halogens is 2. The molecule has 0 saturated carbocycles. The van der Waals surface area contributed by atoms with Crippen molar-refractivity contribution in [2.75, 3.05) is 25.0 Å². The fraction of sp³-hybridized carbons (Fsp3) is 0.241. The molecule has 5 rings (SSSR count). The molecular formula is C29H27F2N5O2. The van der Waals surface area contributed by atoms with Gasteiger partial charge in [-0.25, -0.2) is 23.5 Å². The molecule has 0 radical (unpaired) electrons. The first-order valence-corrected chi connectivity index (χ1v) is 12.5. The lowest BCUT2D eigenvalue weighted by molar-refractivity contribution is -0.130. The number of carbonyl (C=O) groups excluding carboxylic acids is 2. The number of piperidine rings is 1. The van der Waals surface area contributed by atoms with Gasteiger partial charge in [-0.2, -0.15) is 0 Å². The third kappa shape index (κ3) is 5.77. The van der Waals surface area contributed by atoms with Gasteiger partial charge in [0, 0.05) is 43.4 Å². The van der Waals surface area contributed by atoms with Gasteiger partial charge < -0.3 is 15.5 Å². The van der Waals surface area contributed by atoms with E-state index in [1.807, 2.05) is 4.90 Å². The molecule has 0 aliphatic carbocycles. The maximum Gasteiger partial charge on any atom is 0.319 e. The molecule has 194 valence electrons. The molecule has 0 unspecified atom stereocenters. The average molecular weight is 516 g/mol. The van der Waals surface area contributed by atoms with Crippen LogP contribution in [0.15, 0.2) is 66.7 Å². The lowest BCUT2D eigenvalue weighted by atomic mass is 9.98. The summed E-state index contributed by atoms with van der Waals surface area (Å²) in [5.41, 5.74) is 4.05. The van der Waals surface area contributed by atoms with Crippen molar-refractivity contribution in [1.29, 1.82) is 0 Å². The highest BCUT2D eigenvalue weighted by Crippen LogP contribution is 2.32. The number of aromatic nitrogens is 2. The number of carbonyl (C=O) groups is 2. The number of benzene rings is 3. The average Bonchev–Trinajstić information content (AvgIpc) is 2.92. The molecule has 1 atom stereocenters. The Labute approximate surface area is 218 Å². The normalized spacial score (nSPS) is 15.3. The summed E-state index contributed by atoms with van der Waals surface area (Å²) in [7, 11) is 0. The maximum atomic E-state index is 13.6. The minimum Gasteiger partial charge on any atom is -0.343 e. The summed E-state index contributed by atoms with van der Waals surface area (Å²) in [6.45, 7) is 3.44. The van der Waals surface area contributed by atoms with Crippen LogP contribution in [0.4, 0.5) is 19.3 Å². The summed E-state index contributed by atoms with van der Waals surface area (Å²) in [6.07, 6.45) is 1.88. The summed E-state index contributed by atoms with van der Waals surface area (Å²) in [4.78, 5) is 35.6. The van der Waals surface area contributed by atoms with Gasteiger partial charge in [0.2, 0.25) is 5.91 Å². The van der Waals surface area contributed by atoms with Crippen LogP contribution in [-0.2, 0) is 4.79 Å². The number of urea groups is 1. The van der Waals surface area contributed by atoms with Gasteiger partial charge in [0.15, 0.2) is 0 Å². The van der Waals surface area contributed by atoms with Crippen molar-refractivity contribution in [3.8, 4) is 22.5 Å². The van der Waals surface area contributed by atoms with E-state index < -0.39 is 0 Å². The van der Waals surface area contributed by atoms with E-state index in [0.29, 0.717) is 52.3 Å². The number of hydrogen-bond acceptors (Lipinski definition) is 4. The zero-order valence-corrected chi connectivity index (χ0v) is 20.9. The molecule has 1 fully saturated rings. The van der Waals surface area contributed by atoms with Crippen LogP contribution in [0, 0.1) is 17.6 Å². The molecule has 7 nitrogen and oxygen atoms in total. The fourth-order valence-corrected chi connectivity index (χ4v) is 4.68.